The summed E-state index contributed by atoms with van der Waals surface area (Å²) in [7, 11) is 0. The van der Waals surface area contributed by atoms with Gasteiger partial charge in [-0.1, -0.05) is 74.9 Å². The molecule has 0 heteroatoms. The van der Waals surface area contributed by atoms with E-state index in [1.54, 1.807) is 0 Å². The Morgan fingerprint density at radius 1 is 0.727 bits per heavy atom. The molecular weight excluding hydrogens is 264 g/mol. The van der Waals surface area contributed by atoms with E-state index in [1.807, 2.05) is 0 Å². The molecule has 0 radical (unpaired) electrons. The van der Waals surface area contributed by atoms with Crippen molar-refractivity contribution in [2.24, 2.45) is 0 Å². The molecule has 0 fully saturated rings. The van der Waals surface area contributed by atoms with Crippen LogP contribution < -0.4 is 0 Å². The van der Waals surface area contributed by atoms with E-state index in [9.17, 15) is 0 Å². The van der Waals surface area contributed by atoms with Gasteiger partial charge in [-0.2, -0.15) is 0 Å². The molecule has 0 aliphatic heterocycles. The van der Waals surface area contributed by atoms with Gasteiger partial charge >= 0.3 is 0 Å². The van der Waals surface area contributed by atoms with Gasteiger partial charge in [-0.3, -0.25) is 0 Å². The zero-order valence-corrected chi connectivity index (χ0v) is 14.7. The molecule has 2 aromatic carbocycles. The van der Waals surface area contributed by atoms with E-state index in [-0.39, 0.29) is 0 Å². The van der Waals surface area contributed by atoms with Crippen molar-refractivity contribution in [3.8, 4) is 0 Å². The van der Waals surface area contributed by atoms with Crippen LogP contribution in [0.1, 0.15) is 62.3 Å². The summed E-state index contributed by atoms with van der Waals surface area (Å²) in [5, 5.41) is 0. The van der Waals surface area contributed by atoms with Gasteiger partial charge in [0.2, 0.25) is 0 Å². The minimum atomic E-state index is 0.296. The molecule has 0 nitrogen and oxygen atoms in total. The highest BCUT2D eigenvalue weighted by atomic mass is 14.2. The SMILES string of the molecule is CCC(C)(C)c1ccc(CCCCc2ccc(C)cc2)cc1. The van der Waals surface area contributed by atoms with Gasteiger partial charge in [0.25, 0.3) is 0 Å². The van der Waals surface area contributed by atoms with Gasteiger partial charge in [0.05, 0.1) is 0 Å². The first-order chi connectivity index (χ1) is 10.5. The third-order valence-corrected chi connectivity index (χ3v) is 4.92. The maximum atomic E-state index is 2.32. The Hall–Kier alpha value is -1.56. The molecule has 0 amide bonds. The van der Waals surface area contributed by atoms with Crippen molar-refractivity contribution >= 4 is 0 Å². The first-order valence-corrected chi connectivity index (χ1v) is 8.66. The molecule has 118 valence electrons. The number of rotatable bonds is 7. The first kappa shape index (κ1) is 16.8. The fourth-order valence-corrected chi connectivity index (χ4v) is 2.74. The van der Waals surface area contributed by atoms with Crippen molar-refractivity contribution in [3.05, 3.63) is 70.8 Å². The summed E-state index contributed by atoms with van der Waals surface area (Å²) in [6, 6.07) is 18.2. The van der Waals surface area contributed by atoms with Crippen LogP contribution in [-0.2, 0) is 18.3 Å². The Morgan fingerprint density at radius 3 is 1.64 bits per heavy atom. The van der Waals surface area contributed by atoms with Crippen LogP contribution in [0.5, 0.6) is 0 Å². The molecule has 0 heterocycles. The number of hydrogen-bond acceptors (Lipinski definition) is 0. The van der Waals surface area contributed by atoms with E-state index >= 15 is 0 Å². The fraction of sp³-hybridized carbons (Fsp3) is 0.455. The van der Waals surface area contributed by atoms with E-state index in [2.05, 4.69) is 76.2 Å². The molecule has 0 aliphatic carbocycles. The molecule has 22 heavy (non-hydrogen) atoms. The lowest BCUT2D eigenvalue weighted by molar-refractivity contribution is 0.506. The lowest BCUT2D eigenvalue weighted by atomic mass is 9.82. The highest BCUT2D eigenvalue weighted by Gasteiger charge is 2.17. The average Bonchev–Trinajstić information content (AvgIpc) is 2.54. The van der Waals surface area contributed by atoms with E-state index in [0.717, 1.165) is 0 Å². The van der Waals surface area contributed by atoms with Gasteiger partial charge in [0.1, 0.15) is 0 Å². The fourth-order valence-electron chi connectivity index (χ4n) is 2.74. The minimum Gasteiger partial charge on any atom is -0.0646 e. The van der Waals surface area contributed by atoms with Gasteiger partial charge in [0, 0.05) is 0 Å². The zero-order valence-electron chi connectivity index (χ0n) is 14.7. The second-order valence-corrected chi connectivity index (χ2v) is 7.13. The molecule has 0 atom stereocenters. The normalized spacial score (nSPS) is 11.6. The summed E-state index contributed by atoms with van der Waals surface area (Å²) in [5.74, 6) is 0. The summed E-state index contributed by atoms with van der Waals surface area (Å²) < 4.78 is 0. The number of unbranched alkanes of at least 4 members (excludes halogenated alkanes) is 1. The second-order valence-electron chi connectivity index (χ2n) is 7.13. The maximum Gasteiger partial charge on any atom is -0.0106 e. The summed E-state index contributed by atoms with van der Waals surface area (Å²) in [6.45, 7) is 9.05. The third-order valence-electron chi connectivity index (χ3n) is 4.92. The third kappa shape index (κ3) is 4.73. The number of benzene rings is 2. The van der Waals surface area contributed by atoms with Crippen molar-refractivity contribution in [1.29, 1.82) is 0 Å². The molecule has 0 saturated carbocycles. The molecule has 0 spiro atoms. The van der Waals surface area contributed by atoms with Crippen LogP contribution in [0.15, 0.2) is 48.5 Å². The Bertz CT molecular complexity index is 558. The van der Waals surface area contributed by atoms with E-state index in [4.69, 9.17) is 0 Å². The number of aryl methyl sites for hydroxylation is 3. The number of hydrogen-bond donors (Lipinski definition) is 0. The molecule has 2 rings (SSSR count). The van der Waals surface area contributed by atoms with Crippen molar-refractivity contribution in [1.82, 2.24) is 0 Å². The van der Waals surface area contributed by atoms with Gasteiger partial charge in [0.15, 0.2) is 0 Å². The van der Waals surface area contributed by atoms with Crippen LogP contribution in [0.4, 0.5) is 0 Å². The highest BCUT2D eigenvalue weighted by molar-refractivity contribution is 5.28. The van der Waals surface area contributed by atoms with Crippen LogP contribution >= 0.6 is 0 Å². The molecule has 0 unspecified atom stereocenters. The highest BCUT2D eigenvalue weighted by Crippen LogP contribution is 2.26. The Balaban J connectivity index is 1.78. The summed E-state index contributed by atoms with van der Waals surface area (Å²) in [5.41, 5.74) is 6.03. The van der Waals surface area contributed by atoms with Gasteiger partial charge in [-0.15, -0.1) is 0 Å². The Labute approximate surface area is 136 Å². The maximum absolute atomic E-state index is 2.32. The van der Waals surface area contributed by atoms with E-state index in [1.165, 1.54) is 54.4 Å². The average molecular weight is 294 g/mol. The van der Waals surface area contributed by atoms with Crippen LogP contribution in [0.3, 0.4) is 0 Å². The van der Waals surface area contributed by atoms with Crippen molar-refractivity contribution in [3.63, 3.8) is 0 Å². The standard InChI is InChI=1S/C22H30/c1-5-22(3,4)21-16-14-20(15-17-21)9-7-6-8-19-12-10-18(2)11-13-19/h10-17H,5-9H2,1-4H3. The van der Waals surface area contributed by atoms with Gasteiger partial charge in [-0.25, -0.2) is 0 Å². The lowest BCUT2D eigenvalue weighted by Gasteiger charge is -2.23. The molecular formula is C22H30. The minimum absolute atomic E-state index is 0.296. The molecule has 2 aromatic rings. The van der Waals surface area contributed by atoms with Crippen LogP contribution in [-0.4, -0.2) is 0 Å². The zero-order chi connectivity index (χ0) is 16.0. The van der Waals surface area contributed by atoms with Crippen molar-refractivity contribution < 1.29 is 0 Å². The van der Waals surface area contributed by atoms with Crippen molar-refractivity contribution in [2.45, 2.75) is 65.2 Å². The summed E-state index contributed by atoms with van der Waals surface area (Å²) in [6.07, 6.45) is 6.11. The van der Waals surface area contributed by atoms with Crippen LogP contribution in [0.25, 0.3) is 0 Å². The van der Waals surface area contributed by atoms with Crippen molar-refractivity contribution in [2.75, 3.05) is 0 Å². The van der Waals surface area contributed by atoms with E-state index in [0.29, 0.717) is 5.41 Å². The first-order valence-electron chi connectivity index (χ1n) is 8.66. The quantitative estimate of drug-likeness (QED) is 0.530. The second kappa shape index (κ2) is 7.63. The predicted molar refractivity (Wildman–Crippen MR) is 97.6 cm³/mol. The molecule has 0 saturated heterocycles. The lowest BCUT2D eigenvalue weighted by Crippen LogP contribution is -2.15. The van der Waals surface area contributed by atoms with Crippen LogP contribution in [0.2, 0.25) is 0 Å². The molecule has 0 bridgehead atoms. The topological polar surface area (TPSA) is 0 Å². The predicted octanol–water partition coefficient (Wildman–Crippen LogP) is 6.25. The molecule has 0 N–H and O–H groups in total. The monoisotopic (exact) mass is 294 g/mol. The molecule has 0 aliphatic rings. The Morgan fingerprint density at radius 2 is 1.18 bits per heavy atom. The van der Waals surface area contributed by atoms with Gasteiger partial charge < -0.3 is 0 Å². The summed E-state index contributed by atoms with van der Waals surface area (Å²) >= 11 is 0. The van der Waals surface area contributed by atoms with Crippen LogP contribution in [0, 0.1) is 6.92 Å². The van der Waals surface area contributed by atoms with E-state index < -0.39 is 0 Å². The molecule has 0 aromatic heterocycles. The Kier molecular flexibility index (Phi) is 5.83. The van der Waals surface area contributed by atoms with Gasteiger partial charge in [-0.05, 0) is 61.1 Å². The largest absolute Gasteiger partial charge is 0.0646 e. The summed E-state index contributed by atoms with van der Waals surface area (Å²) in [4.78, 5) is 0. The smallest absolute Gasteiger partial charge is 0.0106 e.